The largest absolute Gasteiger partial charge is 0.322 e. The highest BCUT2D eigenvalue weighted by molar-refractivity contribution is 8.00. The summed E-state index contributed by atoms with van der Waals surface area (Å²) in [5.41, 5.74) is 2.31. The maximum absolute atomic E-state index is 12.4. The molecule has 2 N–H and O–H groups in total. The van der Waals surface area contributed by atoms with Crippen molar-refractivity contribution in [3.8, 4) is 0 Å². The molecule has 7 heteroatoms. The molecule has 0 radical (unpaired) electrons. The monoisotopic (exact) mass is 411 g/mol. The first-order chi connectivity index (χ1) is 13.5. The van der Waals surface area contributed by atoms with Gasteiger partial charge in [0, 0.05) is 22.3 Å². The summed E-state index contributed by atoms with van der Waals surface area (Å²) in [6, 6.07) is 18.1. The first kappa shape index (κ1) is 19.9. The number of hydrogen-bond acceptors (Lipinski definition) is 4. The van der Waals surface area contributed by atoms with Gasteiger partial charge in [-0.05, 0) is 49.4 Å². The average Bonchev–Trinajstić information content (AvgIpc) is 2.68. The van der Waals surface area contributed by atoms with Crippen LogP contribution < -0.4 is 10.6 Å². The average molecular weight is 412 g/mol. The van der Waals surface area contributed by atoms with Gasteiger partial charge < -0.3 is 10.6 Å². The van der Waals surface area contributed by atoms with Gasteiger partial charge in [0.15, 0.2) is 0 Å². The van der Waals surface area contributed by atoms with Crippen LogP contribution in [0.3, 0.4) is 0 Å². The van der Waals surface area contributed by atoms with E-state index in [4.69, 9.17) is 11.6 Å². The molecule has 0 spiro atoms. The number of anilines is 2. The molecule has 142 valence electrons. The van der Waals surface area contributed by atoms with Crippen molar-refractivity contribution in [3.63, 3.8) is 0 Å². The Kier molecular flexibility index (Phi) is 6.68. The van der Waals surface area contributed by atoms with Crippen LogP contribution in [0, 0.1) is 6.92 Å². The lowest BCUT2D eigenvalue weighted by molar-refractivity contribution is -0.113. The molecular weight excluding hydrogens is 394 g/mol. The molecular formula is C21H18ClN3O2S. The third-order valence-corrected chi connectivity index (χ3v) is 4.95. The molecule has 2 amide bonds. The summed E-state index contributed by atoms with van der Waals surface area (Å²) < 4.78 is 0. The molecule has 0 bridgehead atoms. The number of benzene rings is 2. The van der Waals surface area contributed by atoms with Crippen LogP contribution in [0.5, 0.6) is 0 Å². The van der Waals surface area contributed by atoms with Crippen LogP contribution in [-0.4, -0.2) is 22.6 Å². The summed E-state index contributed by atoms with van der Waals surface area (Å²) >= 11 is 7.15. The summed E-state index contributed by atoms with van der Waals surface area (Å²) in [5.74, 6) is 0.333. The van der Waals surface area contributed by atoms with Crippen molar-refractivity contribution in [1.82, 2.24) is 4.98 Å². The fraction of sp³-hybridized carbons (Fsp3) is 0.0952. The van der Waals surface area contributed by atoms with Gasteiger partial charge in [0.05, 0.1) is 10.8 Å². The fourth-order valence-electron chi connectivity index (χ4n) is 2.43. The lowest BCUT2D eigenvalue weighted by Crippen LogP contribution is -2.15. The van der Waals surface area contributed by atoms with Gasteiger partial charge in [0.1, 0.15) is 5.82 Å². The van der Waals surface area contributed by atoms with Crippen LogP contribution in [-0.2, 0) is 4.79 Å². The molecule has 0 unspecified atom stereocenters. The van der Waals surface area contributed by atoms with Crippen LogP contribution in [0.4, 0.5) is 11.5 Å². The lowest BCUT2D eigenvalue weighted by Gasteiger charge is -2.08. The smallest absolute Gasteiger partial charge is 0.255 e. The van der Waals surface area contributed by atoms with Crippen LogP contribution in [0.15, 0.2) is 71.8 Å². The second-order valence-electron chi connectivity index (χ2n) is 6.05. The highest BCUT2D eigenvalue weighted by Crippen LogP contribution is 2.22. The van der Waals surface area contributed by atoms with E-state index in [2.05, 4.69) is 15.6 Å². The van der Waals surface area contributed by atoms with Crippen LogP contribution >= 0.6 is 23.4 Å². The Balaban J connectivity index is 1.56. The van der Waals surface area contributed by atoms with E-state index >= 15 is 0 Å². The Bertz CT molecular complexity index is 993. The molecule has 3 aromatic rings. The quantitative estimate of drug-likeness (QED) is 0.558. The van der Waals surface area contributed by atoms with Gasteiger partial charge in [-0.1, -0.05) is 35.4 Å². The number of nitrogens with zero attached hydrogens (tertiary/aromatic N) is 1. The van der Waals surface area contributed by atoms with E-state index in [0.29, 0.717) is 22.1 Å². The maximum atomic E-state index is 12.4. The van der Waals surface area contributed by atoms with E-state index in [-0.39, 0.29) is 17.6 Å². The predicted molar refractivity (Wildman–Crippen MR) is 114 cm³/mol. The van der Waals surface area contributed by atoms with Crippen molar-refractivity contribution < 1.29 is 9.59 Å². The summed E-state index contributed by atoms with van der Waals surface area (Å²) in [7, 11) is 0. The van der Waals surface area contributed by atoms with Gasteiger partial charge in [-0.25, -0.2) is 4.98 Å². The van der Waals surface area contributed by atoms with Crippen molar-refractivity contribution in [2.75, 3.05) is 16.4 Å². The molecule has 1 heterocycles. The third-order valence-electron chi connectivity index (χ3n) is 3.74. The number of carbonyl (C=O) groups is 2. The molecule has 0 aliphatic rings. The topological polar surface area (TPSA) is 71.1 Å². The normalized spacial score (nSPS) is 10.4. The molecule has 2 aromatic carbocycles. The molecule has 0 aliphatic heterocycles. The Morgan fingerprint density at radius 2 is 1.86 bits per heavy atom. The Morgan fingerprint density at radius 1 is 1.04 bits per heavy atom. The van der Waals surface area contributed by atoms with E-state index < -0.39 is 0 Å². The Hall–Kier alpha value is -2.83. The maximum Gasteiger partial charge on any atom is 0.255 e. The molecule has 0 saturated heterocycles. The number of aryl methyl sites for hydroxylation is 1. The van der Waals surface area contributed by atoms with E-state index in [9.17, 15) is 9.59 Å². The molecule has 5 nitrogen and oxygen atoms in total. The van der Waals surface area contributed by atoms with Gasteiger partial charge in [-0.15, -0.1) is 11.8 Å². The van der Waals surface area contributed by atoms with Gasteiger partial charge >= 0.3 is 0 Å². The van der Waals surface area contributed by atoms with Crippen LogP contribution in [0.1, 0.15) is 15.9 Å². The molecule has 3 rings (SSSR count). The number of nitrogens with one attached hydrogen (secondary N) is 2. The number of aromatic nitrogens is 1. The summed E-state index contributed by atoms with van der Waals surface area (Å²) in [6.07, 6.45) is 1.48. The van der Waals surface area contributed by atoms with E-state index in [1.165, 1.54) is 18.0 Å². The number of carbonyl (C=O) groups excluding carboxylic acids is 2. The molecule has 0 atom stereocenters. The number of thioether (sulfide) groups is 1. The van der Waals surface area contributed by atoms with Crippen molar-refractivity contribution in [2.24, 2.45) is 0 Å². The highest BCUT2D eigenvalue weighted by Gasteiger charge is 2.08. The molecule has 0 fully saturated rings. The number of halogens is 1. The van der Waals surface area contributed by atoms with Crippen molar-refractivity contribution in [3.05, 3.63) is 83.0 Å². The van der Waals surface area contributed by atoms with Crippen molar-refractivity contribution in [2.45, 2.75) is 11.8 Å². The second kappa shape index (κ2) is 9.39. The zero-order chi connectivity index (χ0) is 19.9. The number of rotatable bonds is 6. The minimum atomic E-state index is -0.172. The molecule has 0 aliphatic carbocycles. The first-order valence-electron chi connectivity index (χ1n) is 8.52. The second-order valence-corrected chi connectivity index (χ2v) is 7.54. The highest BCUT2D eigenvalue weighted by atomic mass is 35.5. The van der Waals surface area contributed by atoms with Gasteiger partial charge in [-0.3, -0.25) is 9.59 Å². The number of hydrogen-bond donors (Lipinski definition) is 2. The van der Waals surface area contributed by atoms with E-state index in [1.54, 1.807) is 18.2 Å². The Morgan fingerprint density at radius 3 is 2.61 bits per heavy atom. The summed E-state index contributed by atoms with van der Waals surface area (Å²) in [6.45, 7) is 1.94. The minimum absolute atomic E-state index is 0.169. The zero-order valence-electron chi connectivity index (χ0n) is 15.1. The van der Waals surface area contributed by atoms with Crippen LogP contribution in [0.2, 0.25) is 5.02 Å². The van der Waals surface area contributed by atoms with Crippen molar-refractivity contribution in [1.29, 1.82) is 0 Å². The van der Waals surface area contributed by atoms with Crippen LogP contribution in [0.25, 0.3) is 0 Å². The van der Waals surface area contributed by atoms with E-state index in [0.717, 1.165) is 10.5 Å². The standard InChI is InChI=1S/C21H18ClN3O2S/c1-14-4-2-5-15(10-14)21(27)24-17-6-3-7-18(11-17)28-13-20(26)25-19-9-8-16(22)12-23-19/h2-12H,13H2,1H3,(H,24,27)(H,23,25,26). The number of pyridine rings is 1. The van der Waals surface area contributed by atoms with Gasteiger partial charge in [-0.2, -0.15) is 0 Å². The SMILES string of the molecule is Cc1cccc(C(=O)Nc2cccc(SCC(=O)Nc3ccc(Cl)cn3)c2)c1. The lowest BCUT2D eigenvalue weighted by atomic mass is 10.1. The van der Waals surface area contributed by atoms with Crippen molar-refractivity contribution >= 4 is 46.7 Å². The zero-order valence-corrected chi connectivity index (χ0v) is 16.7. The first-order valence-corrected chi connectivity index (χ1v) is 9.88. The van der Waals surface area contributed by atoms with Gasteiger partial charge in [0.2, 0.25) is 5.91 Å². The molecule has 0 saturated carbocycles. The number of amides is 2. The molecule has 1 aromatic heterocycles. The third kappa shape index (κ3) is 5.84. The summed E-state index contributed by atoms with van der Waals surface area (Å²) in [5, 5.41) is 6.11. The molecule has 28 heavy (non-hydrogen) atoms. The summed E-state index contributed by atoms with van der Waals surface area (Å²) in [4.78, 5) is 29.4. The fourth-order valence-corrected chi connectivity index (χ4v) is 3.30. The predicted octanol–water partition coefficient (Wildman–Crippen LogP) is 5.03. The minimum Gasteiger partial charge on any atom is -0.322 e. The Labute approximate surface area is 172 Å². The van der Waals surface area contributed by atoms with Gasteiger partial charge in [0.25, 0.3) is 5.91 Å². The van der Waals surface area contributed by atoms with E-state index in [1.807, 2.05) is 49.4 Å².